The molecule has 19 heavy (non-hydrogen) atoms. The SMILES string of the molecule is Cc1nc(CSCCC(=O)N(CCO)C(C)C)cs1. The monoisotopic (exact) mass is 302 g/mol. The van der Waals surface area contributed by atoms with Crippen molar-refractivity contribution in [3.05, 3.63) is 16.1 Å². The van der Waals surface area contributed by atoms with Crippen LogP contribution in [0.25, 0.3) is 0 Å². The lowest BCUT2D eigenvalue weighted by molar-refractivity contribution is -0.132. The first-order chi connectivity index (χ1) is 9.04. The second kappa shape index (κ2) is 8.55. The minimum absolute atomic E-state index is 0.0230. The highest BCUT2D eigenvalue weighted by molar-refractivity contribution is 7.98. The van der Waals surface area contributed by atoms with Crippen molar-refractivity contribution in [2.45, 2.75) is 39.0 Å². The molecule has 0 bridgehead atoms. The highest BCUT2D eigenvalue weighted by Crippen LogP contribution is 2.16. The van der Waals surface area contributed by atoms with Crippen LogP contribution < -0.4 is 0 Å². The van der Waals surface area contributed by atoms with E-state index in [1.165, 1.54) is 0 Å². The molecule has 0 radical (unpaired) electrons. The second-order valence-electron chi connectivity index (χ2n) is 4.56. The van der Waals surface area contributed by atoms with Crippen molar-refractivity contribution in [3.8, 4) is 0 Å². The number of rotatable bonds is 8. The zero-order valence-corrected chi connectivity index (χ0v) is 13.4. The third-order valence-corrected chi connectivity index (χ3v) is 4.48. The topological polar surface area (TPSA) is 53.4 Å². The molecule has 0 atom stereocenters. The van der Waals surface area contributed by atoms with E-state index in [1.54, 1.807) is 28.0 Å². The Morgan fingerprint density at radius 1 is 1.58 bits per heavy atom. The third kappa shape index (κ3) is 5.93. The van der Waals surface area contributed by atoms with Gasteiger partial charge in [0, 0.05) is 35.9 Å². The lowest BCUT2D eigenvalue weighted by Crippen LogP contribution is -2.39. The van der Waals surface area contributed by atoms with Gasteiger partial charge in [0.05, 0.1) is 17.3 Å². The number of nitrogens with zero attached hydrogens (tertiary/aromatic N) is 2. The number of aromatic nitrogens is 1. The first-order valence-electron chi connectivity index (χ1n) is 6.43. The Labute approximate surface area is 123 Å². The Kier molecular flexibility index (Phi) is 7.41. The van der Waals surface area contributed by atoms with E-state index >= 15 is 0 Å². The van der Waals surface area contributed by atoms with E-state index in [1.807, 2.05) is 20.8 Å². The minimum Gasteiger partial charge on any atom is -0.395 e. The number of amides is 1. The maximum atomic E-state index is 12.0. The number of hydrogen-bond acceptors (Lipinski definition) is 5. The number of aliphatic hydroxyl groups is 1. The van der Waals surface area contributed by atoms with Crippen LogP contribution in [0.5, 0.6) is 0 Å². The maximum Gasteiger partial charge on any atom is 0.223 e. The van der Waals surface area contributed by atoms with Gasteiger partial charge in [0.2, 0.25) is 5.91 Å². The smallest absolute Gasteiger partial charge is 0.223 e. The summed E-state index contributed by atoms with van der Waals surface area (Å²) in [5, 5.41) is 12.1. The van der Waals surface area contributed by atoms with Crippen LogP contribution in [0.3, 0.4) is 0 Å². The molecule has 1 amide bonds. The van der Waals surface area contributed by atoms with E-state index in [4.69, 9.17) is 5.11 Å². The molecular weight excluding hydrogens is 280 g/mol. The summed E-state index contributed by atoms with van der Waals surface area (Å²) in [7, 11) is 0. The van der Waals surface area contributed by atoms with E-state index in [-0.39, 0.29) is 18.6 Å². The van der Waals surface area contributed by atoms with Crippen molar-refractivity contribution in [3.63, 3.8) is 0 Å². The first kappa shape index (κ1) is 16.5. The van der Waals surface area contributed by atoms with Crippen LogP contribution in [0.1, 0.15) is 31.0 Å². The third-order valence-electron chi connectivity index (χ3n) is 2.66. The van der Waals surface area contributed by atoms with Crippen LogP contribution in [0.15, 0.2) is 5.38 Å². The molecule has 0 saturated carbocycles. The Morgan fingerprint density at radius 2 is 2.32 bits per heavy atom. The first-order valence-corrected chi connectivity index (χ1v) is 8.47. The molecule has 0 aliphatic carbocycles. The van der Waals surface area contributed by atoms with E-state index in [0.717, 1.165) is 22.2 Å². The summed E-state index contributed by atoms with van der Waals surface area (Å²) in [6.45, 7) is 6.39. The summed E-state index contributed by atoms with van der Waals surface area (Å²) in [6.07, 6.45) is 0.520. The fourth-order valence-corrected chi connectivity index (χ4v) is 3.27. The largest absolute Gasteiger partial charge is 0.395 e. The summed E-state index contributed by atoms with van der Waals surface area (Å²) in [6, 6.07) is 0.144. The average Bonchev–Trinajstić information content (AvgIpc) is 2.77. The highest BCUT2D eigenvalue weighted by Gasteiger charge is 2.15. The Balaban J connectivity index is 2.25. The van der Waals surface area contributed by atoms with Crippen molar-refractivity contribution in [1.82, 2.24) is 9.88 Å². The molecule has 0 spiro atoms. The zero-order valence-electron chi connectivity index (χ0n) is 11.8. The normalized spacial score (nSPS) is 11.0. The van der Waals surface area contributed by atoms with Gasteiger partial charge in [-0.25, -0.2) is 4.98 Å². The molecule has 1 aromatic heterocycles. The lowest BCUT2D eigenvalue weighted by atomic mass is 10.3. The second-order valence-corrected chi connectivity index (χ2v) is 6.73. The minimum atomic E-state index is 0.0230. The van der Waals surface area contributed by atoms with Crippen molar-refractivity contribution < 1.29 is 9.90 Å². The molecule has 0 aliphatic heterocycles. The fourth-order valence-electron chi connectivity index (χ4n) is 1.73. The van der Waals surface area contributed by atoms with Crippen LogP contribution in [0, 0.1) is 6.92 Å². The molecule has 0 unspecified atom stereocenters. The molecule has 1 rings (SSSR count). The lowest BCUT2D eigenvalue weighted by Gasteiger charge is -2.25. The molecule has 6 heteroatoms. The van der Waals surface area contributed by atoms with Gasteiger partial charge >= 0.3 is 0 Å². The van der Waals surface area contributed by atoms with Gasteiger partial charge in [-0.05, 0) is 20.8 Å². The summed E-state index contributed by atoms with van der Waals surface area (Å²) in [4.78, 5) is 18.1. The number of carbonyl (C=O) groups excluding carboxylic acids is 1. The predicted molar refractivity (Wildman–Crippen MR) is 81.6 cm³/mol. The molecule has 1 heterocycles. The molecule has 0 fully saturated rings. The van der Waals surface area contributed by atoms with Crippen molar-refractivity contribution in [2.75, 3.05) is 18.9 Å². The van der Waals surface area contributed by atoms with E-state index in [0.29, 0.717) is 13.0 Å². The van der Waals surface area contributed by atoms with Crippen LogP contribution >= 0.6 is 23.1 Å². The van der Waals surface area contributed by atoms with E-state index in [2.05, 4.69) is 10.4 Å². The van der Waals surface area contributed by atoms with Crippen LogP contribution in [-0.4, -0.2) is 45.8 Å². The molecule has 108 valence electrons. The molecule has 1 N–H and O–H groups in total. The van der Waals surface area contributed by atoms with Gasteiger partial charge in [-0.1, -0.05) is 0 Å². The molecule has 0 aromatic carbocycles. The van der Waals surface area contributed by atoms with Crippen LogP contribution in [-0.2, 0) is 10.5 Å². The number of carbonyl (C=O) groups is 1. The summed E-state index contributed by atoms with van der Waals surface area (Å²) < 4.78 is 0. The van der Waals surface area contributed by atoms with Gasteiger partial charge in [-0.15, -0.1) is 11.3 Å². The van der Waals surface area contributed by atoms with Crippen LogP contribution in [0.4, 0.5) is 0 Å². The number of hydrogen-bond donors (Lipinski definition) is 1. The van der Waals surface area contributed by atoms with Gasteiger partial charge in [-0.2, -0.15) is 11.8 Å². The molecule has 0 aliphatic rings. The molecule has 4 nitrogen and oxygen atoms in total. The van der Waals surface area contributed by atoms with Crippen LogP contribution in [0.2, 0.25) is 0 Å². The molecule has 0 saturated heterocycles. The quantitative estimate of drug-likeness (QED) is 0.749. The van der Waals surface area contributed by atoms with Gasteiger partial charge < -0.3 is 10.0 Å². The summed E-state index contributed by atoms with van der Waals surface area (Å²) in [5.41, 5.74) is 1.09. The van der Waals surface area contributed by atoms with Gasteiger partial charge in [0.25, 0.3) is 0 Å². The Bertz CT molecular complexity index is 394. The van der Waals surface area contributed by atoms with Crippen molar-refractivity contribution in [2.24, 2.45) is 0 Å². The number of thioether (sulfide) groups is 1. The number of aryl methyl sites for hydroxylation is 1. The summed E-state index contributed by atoms with van der Waals surface area (Å²) >= 11 is 3.39. The van der Waals surface area contributed by atoms with Crippen molar-refractivity contribution in [1.29, 1.82) is 0 Å². The summed E-state index contributed by atoms with van der Waals surface area (Å²) in [5.74, 6) is 1.77. The van der Waals surface area contributed by atoms with E-state index in [9.17, 15) is 4.79 Å². The highest BCUT2D eigenvalue weighted by atomic mass is 32.2. The zero-order chi connectivity index (χ0) is 14.3. The van der Waals surface area contributed by atoms with Gasteiger partial charge in [0.1, 0.15) is 0 Å². The van der Waals surface area contributed by atoms with Gasteiger partial charge in [0.15, 0.2) is 0 Å². The molecule has 1 aromatic rings. The number of thiazole rings is 1. The predicted octanol–water partition coefficient (Wildman–Crippen LogP) is 2.30. The Morgan fingerprint density at radius 3 is 2.84 bits per heavy atom. The van der Waals surface area contributed by atoms with Gasteiger partial charge in [-0.3, -0.25) is 4.79 Å². The van der Waals surface area contributed by atoms with E-state index < -0.39 is 0 Å². The average molecular weight is 302 g/mol. The number of aliphatic hydroxyl groups excluding tert-OH is 1. The Hall–Kier alpha value is -0.590. The standard InChI is InChI=1S/C13H22N2O2S2/c1-10(2)15(5-6-16)13(17)4-7-18-8-12-9-19-11(3)14-12/h9-10,16H,4-8H2,1-3H3. The molecular formula is C13H22N2O2S2. The maximum absolute atomic E-state index is 12.0. The van der Waals surface area contributed by atoms with Crippen molar-refractivity contribution >= 4 is 29.0 Å². The fraction of sp³-hybridized carbons (Fsp3) is 0.692.